The largest absolute Gasteiger partial charge is 0.494 e. The van der Waals surface area contributed by atoms with Crippen LogP contribution < -0.4 is 15.4 Å². The standard InChI is InChI=1S/C21H18Cl2N6O2S2/c1-4-16-26-27-21-29(16)28-19(33-21)11-5-6-15(10(2)7-11)24-20(32)25-18(30)13-8-12(22)9-14(23)17(13)31-3/h5-9H,4H2,1-3H3,(H2,24,25,30,32). The van der Waals surface area contributed by atoms with E-state index in [4.69, 9.17) is 40.2 Å². The number of hydrogen-bond acceptors (Lipinski definition) is 7. The average Bonchev–Trinajstić information content (AvgIpc) is 3.35. The second-order valence-electron chi connectivity index (χ2n) is 6.98. The highest BCUT2D eigenvalue weighted by atomic mass is 35.5. The number of nitrogens with zero attached hydrogens (tertiary/aromatic N) is 4. The minimum atomic E-state index is -0.491. The van der Waals surface area contributed by atoms with Gasteiger partial charge in [0, 0.05) is 22.7 Å². The summed E-state index contributed by atoms with van der Waals surface area (Å²) in [6.45, 7) is 3.95. The van der Waals surface area contributed by atoms with Crippen LogP contribution in [0.2, 0.25) is 10.0 Å². The van der Waals surface area contributed by atoms with Crippen molar-refractivity contribution in [3.8, 4) is 16.3 Å². The zero-order valence-electron chi connectivity index (χ0n) is 17.8. The molecule has 0 aliphatic carbocycles. The molecule has 2 heterocycles. The van der Waals surface area contributed by atoms with Gasteiger partial charge in [-0.3, -0.25) is 10.1 Å². The van der Waals surface area contributed by atoms with Gasteiger partial charge in [-0.2, -0.15) is 9.61 Å². The molecule has 2 aromatic carbocycles. The minimum Gasteiger partial charge on any atom is -0.494 e. The molecule has 1 amide bonds. The van der Waals surface area contributed by atoms with E-state index in [1.54, 1.807) is 4.52 Å². The van der Waals surface area contributed by atoms with Crippen molar-refractivity contribution in [1.29, 1.82) is 0 Å². The lowest BCUT2D eigenvalue weighted by Crippen LogP contribution is -2.34. The monoisotopic (exact) mass is 520 g/mol. The lowest BCUT2D eigenvalue weighted by atomic mass is 10.1. The fraction of sp³-hybridized carbons (Fsp3) is 0.190. The minimum absolute atomic E-state index is 0.125. The maximum atomic E-state index is 12.7. The van der Waals surface area contributed by atoms with Gasteiger partial charge in [0.2, 0.25) is 4.96 Å². The molecule has 4 rings (SSSR count). The Labute approximate surface area is 208 Å². The summed E-state index contributed by atoms with van der Waals surface area (Å²) < 4.78 is 6.99. The summed E-state index contributed by atoms with van der Waals surface area (Å²) in [6, 6.07) is 8.76. The maximum Gasteiger partial charge on any atom is 0.261 e. The molecule has 0 aliphatic heterocycles. The number of fused-ring (bicyclic) bond motifs is 1. The van der Waals surface area contributed by atoms with Crippen LogP contribution in [-0.4, -0.2) is 37.9 Å². The number of thiocarbonyl (C=S) groups is 1. The van der Waals surface area contributed by atoms with Gasteiger partial charge in [0.25, 0.3) is 5.91 Å². The van der Waals surface area contributed by atoms with Crippen molar-refractivity contribution >= 4 is 68.4 Å². The Balaban J connectivity index is 1.49. The van der Waals surface area contributed by atoms with Crippen LogP contribution in [0.4, 0.5) is 5.69 Å². The first kappa shape index (κ1) is 23.4. The lowest BCUT2D eigenvalue weighted by Gasteiger charge is -2.14. The predicted molar refractivity (Wildman–Crippen MR) is 135 cm³/mol. The Morgan fingerprint density at radius 3 is 2.73 bits per heavy atom. The van der Waals surface area contributed by atoms with Crippen molar-refractivity contribution in [2.24, 2.45) is 0 Å². The van der Waals surface area contributed by atoms with Crippen LogP contribution in [0.1, 0.15) is 28.7 Å². The van der Waals surface area contributed by atoms with Gasteiger partial charge in [-0.25, -0.2) is 0 Å². The quantitative estimate of drug-likeness (QED) is 0.350. The number of benzene rings is 2. The van der Waals surface area contributed by atoms with E-state index in [1.807, 2.05) is 32.0 Å². The molecular formula is C21H18Cl2N6O2S2. The number of carbonyl (C=O) groups excluding carboxylic acids is 1. The number of anilines is 1. The Morgan fingerprint density at radius 2 is 2.03 bits per heavy atom. The van der Waals surface area contributed by atoms with E-state index >= 15 is 0 Å². The third-order valence-electron chi connectivity index (χ3n) is 4.78. The fourth-order valence-electron chi connectivity index (χ4n) is 3.19. The first-order valence-corrected chi connectivity index (χ1v) is 11.8. The van der Waals surface area contributed by atoms with E-state index in [-0.39, 0.29) is 21.4 Å². The highest BCUT2D eigenvalue weighted by molar-refractivity contribution is 7.80. The maximum absolute atomic E-state index is 12.7. The zero-order valence-corrected chi connectivity index (χ0v) is 20.9. The molecule has 0 unspecified atom stereocenters. The number of halogens is 2. The van der Waals surface area contributed by atoms with Crippen molar-refractivity contribution in [3.05, 3.63) is 57.3 Å². The van der Waals surface area contributed by atoms with Crippen LogP contribution >= 0.6 is 46.8 Å². The molecule has 2 aromatic heterocycles. The van der Waals surface area contributed by atoms with Crippen LogP contribution in [0.3, 0.4) is 0 Å². The van der Waals surface area contributed by atoms with Crippen molar-refractivity contribution in [1.82, 2.24) is 25.1 Å². The van der Waals surface area contributed by atoms with Crippen LogP contribution in [0.15, 0.2) is 30.3 Å². The van der Waals surface area contributed by atoms with Gasteiger partial charge in [-0.15, -0.1) is 10.2 Å². The Kier molecular flexibility index (Phi) is 6.80. The van der Waals surface area contributed by atoms with Gasteiger partial charge in [0.1, 0.15) is 10.8 Å². The van der Waals surface area contributed by atoms with Crippen LogP contribution in [0.5, 0.6) is 5.75 Å². The van der Waals surface area contributed by atoms with Crippen molar-refractivity contribution in [2.45, 2.75) is 20.3 Å². The number of carbonyl (C=O) groups is 1. The number of aryl methyl sites for hydroxylation is 2. The topological polar surface area (TPSA) is 93.4 Å². The van der Waals surface area contributed by atoms with Gasteiger partial charge < -0.3 is 10.1 Å². The van der Waals surface area contributed by atoms with E-state index in [2.05, 4.69) is 25.9 Å². The van der Waals surface area contributed by atoms with Crippen molar-refractivity contribution < 1.29 is 9.53 Å². The van der Waals surface area contributed by atoms with E-state index in [1.165, 1.54) is 30.6 Å². The Morgan fingerprint density at radius 1 is 1.24 bits per heavy atom. The average molecular weight is 521 g/mol. The van der Waals surface area contributed by atoms with E-state index in [0.717, 1.165) is 39.0 Å². The summed E-state index contributed by atoms with van der Waals surface area (Å²) in [5.41, 5.74) is 2.80. The lowest BCUT2D eigenvalue weighted by molar-refractivity contribution is 0.0974. The van der Waals surface area contributed by atoms with E-state index in [9.17, 15) is 4.79 Å². The van der Waals surface area contributed by atoms with Gasteiger partial charge in [-0.1, -0.05) is 41.5 Å². The molecule has 0 fully saturated rings. The molecule has 170 valence electrons. The molecule has 12 heteroatoms. The second-order valence-corrected chi connectivity index (χ2v) is 9.19. The molecule has 0 saturated carbocycles. The molecule has 0 atom stereocenters. The fourth-order valence-corrected chi connectivity index (χ4v) is 4.82. The van der Waals surface area contributed by atoms with Crippen LogP contribution in [0, 0.1) is 6.92 Å². The van der Waals surface area contributed by atoms with E-state index < -0.39 is 5.91 Å². The van der Waals surface area contributed by atoms with Crippen LogP contribution in [-0.2, 0) is 6.42 Å². The molecule has 4 aromatic rings. The van der Waals surface area contributed by atoms with Gasteiger partial charge >= 0.3 is 0 Å². The molecule has 0 bridgehead atoms. The van der Waals surface area contributed by atoms with Crippen LogP contribution in [0.25, 0.3) is 15.5 Å². The van der Waals surface area contributed by atoms with E-state index in [0.29, 0.717) is 5.02 Å². The molecule has 0 radical (unpaired) electrons. The molecule has 0 aliphatic rings. The molecular weight excluding hydrogens is 503 g/mol. The molecule has 0 saturated heterocycles. The number of amides is 1. The Bertz CT molecular complexity index is 1380. The summed E-state index contributed by atoms with van der Waals surface area (Å²) in [7, 11) is 1.42. The van der Waals surface area contributed by atoms with Gasteiger partial charge in [0.05, 0.1) is 17.7 Å². The summed E-state index contributed by atoms with van der Waals surface area (Å²) >= 11 is 18.9. The molecule has 8 nitrogen and oxygen atoms in total. The van der Waals surface area contributed by atoms with Gasteiger partial charge in [-0.05, 0) is 55.0 Å². The predicted octanol–water partition coefficient (Wildman–Crippen LogP) is 5.17. The first-order valence-electron chi connectivity index (χ1n) is 9.78. The third kappa shape index (κ3) is 4.79. The molecule has 2 N–H and O–H groups in total. The summed E-state index contributed by atoms with van der Waals surface area (Å²) in [4.78, 5) is 13.5. The smallest absolute Gasteiger partial charge is 0.261 e. The number of methoxy groups -OCH3 is 1. The second kappa shape index (κ2) is 9.60. The van der Waals surface area contributed by atoms with Gasteiger partial charge in [0.15, 0.2) is 10.9 Å². The SMILES string of the molecule is CCc1nnc2sc(-c3ccc(NC(=S)NC(=O)c4cc(Cl)cc(Cl)c4OC)c(C)c3)nn12. The number of rotatable bonds is 5. The summed E-state index contributed by atoms with van der Waals surface area (Å²) in [5.74, 6) is 0.550. The normalized spacial score (nSPS) is 10.9. The highest BCUT2D eigenvalue weighted by Crippen LogP contribution is 2.32. The summed E-state index contributed by atoms with van der Waals surface area (Å²) in [5, 5.41) is 20.1. The summed E-state index contributed by atoms with van der Waals surface area (Å²) in [6.07, 6.45) is 0.753. The first-order chi connectivity index (χ1) is 15.8. The highest BCUT2D eigenvalue weighted by Gasteiger charge is 2.18. The number of aromatic nitrogens is 4. The zero-order chi connectivity index (χ0) is 23.7. The number of hydrogen-bond donors (Lipinski definition) is 2. The number of nitrogens with one attached hydrogen (secondary N) is 2. The third-order valence-corrected chi connectivity index (χ3v) is 6.43. The van der Waals surface area contributed by atoms with Crippen molar-refractivity contribution in [3.63, 3.8) is 0 Å². The van der Waals surface area contributed by atoms with Crippen molar-refractivity contribution in [2.75, 3.05) is 12.4 Å². The Hall–Kier alpha value is -2.79. The molecule has 33 heavy (non-hydrogen) atoms. The number of ether oxygens (including phenoxy) is 1. The molecule has 0 spiro atoms.